The van der Waals surface area contributed by atoms with Crippen LogP contribution in [0.15, 0.2) is 59.5 Å². The van der Waals surface area contributed by atoms with E-state index in [9.17, 15) is 9.59 Å². The molecule has 1 aliphatic rings. The monoisotopic (exact) mass is 311 g/mol. The van der Waals surface area contributed by atoms with Crippen LogP contribution in [0.25, 0.3) is 0 Å². The predicted molar refractivity (Wildman–Crippen MR) is 88.4 cm³/mol. The topological polar surface area (TPSA) is 46.2 Å². The first-order chi connectivity index (χ1) is 10.7. The van der Waals surface area contributed by atoms with Gasteiger partial charge in [-0.25, -0.2) is 0 Å². The summed E-state index contributed by atoms with van der Waals surface area (Å²) in [5, 5.41) is 2.97. The van der Waals surface area contributed by atoms with Gasteiger partial charge in [0, 0.05) is 22.1 Å². The van der Waals surface area contributed by atoms with Gasteiger partial charge in [0.15, 0.2) is 5.78 Å². The number of amides is 1. The molecule has 3 nitrogen and oxygen atoms in total. The number of Topliss-reactive ketones (excluding diaryl/α,β-unsaturated/α-hetero) is 1. The van der Waals surface area contributed by atoms with E-state index in [4.69, 9.17) is 0 Å². The molecule has 0 unspecified atom stereocenters. The van der Waals surface area contributed by atoms with Crippen molar-refractivity contribution >= 4 is 23.5 Å². The molecule has 2 aromatic carbocycles. The molecule has 0 radical (unpaired) electrons. The highest BCUT2D eigenvalue weighted by Gasteiger charge is 2.23. The van der Waals surface area contributed by atoms with Gasteiger partial charge in [-0.05, 0) is 31.0 Å². The second-order valence-corrected chi connectivity index (χ2v) is 6.40. The minimum absolute atomic E-state index is 0.0284. The van der Waals surface area contributed by atoms with Crippen LogP contribution in [-0.4, -0.2) is 23.5 Å². The quantitative estimate of drug-likeness (QED) is 0.655. The zero-order chi connectivity index (χ0) is 15.4. The molecule has 3 rings (SSSR count). The average molecular weight is 311 g/mol. The summed E-state index contributed by atoms with van der Waals surface area (Å²) in [5.41, 5.74) is 1.38. The van der Waals surface area contributed by atoms with Crippen molar-refractivity contribution in [2.75, 3.05) is 5.75 Å². The van der Waals surface area contributed by atoms with E-state index in [-0.39, 0.29) is 11.7 Å². The van der Waals surface area contributed by atoms with Crippen molar-refractivity contribution in [1.82, 2.24) is 5.32 Å². The molecule has 112 valence electrons. The van der Waals surface area contributed by atoms with Gasteiger partial charge in [-0.2, -0.15) is 0 Å². The largest absolute Gasteiger partial charge is 0.349 e. The van der Waals surface area contributed by atoms with Gasteiger partial charge in [0.05, 0.1) is 5.75 Å². The van der Waals surface area contributed by atoms with Crippen LogP contribution in [0.3, 0.4) is 0 Å². The Kier molecular flexibility index (Phi) is 4.59. The Bertz CT molecular complexity index is 680. The molecule has 4 heteroatoms. The van der Waals surface area contributed by atoms with Gasteiger partial charge in [-0.3, -0.25) is 9.59 Å². The van der Waals surface area contributed by atoms with Gasteiger partial charge in [0.2, 0.25) is 0 Å². The molecule has 1 amide bonds. The highest BCUT2D eigenvalue weighted by molar-refractivity contribution is 8.00. The summed E-state index contributed by atoms with van der Waals surface area (Å²) >= 11 is 1.46. The molecule has 0 bridgehead atoms. The molecule has 0 atom stereocenters. The maximum absolute atomic E-state index is 12.1. The number of nitrogens with one attached hydrogen (secondary N) is 1. The van der Waals surface area contributed by atoms with E-state index < -0.39 is 0 Å². The maximum Gasteiger partial charge on any atom is 0.251 e. The summed E-state index contributed by atoms with van der Waals surface area (Å²) < 4.78 is 0. The number of hydrogen-bond acceptors (Lipinski definition) is 3. The van der Waals surface area contributed by atoms with Crippen LogP contribution < -0.4 is 5.32 Å². The van der Waals surface area contributed by atoms with Crippen molar-refractivity contribution in [3.63, 3.8) is 0 Å². The van der Waals surface area contributed by atoms with Crippen molar-refractivity contribution < 1.29 is 9.59 Å². The number of ketones is 1. The zero-order valence-electron chi connectivity index (χ0n) is 12.1. The third-order valence-corrected chi connectivity index (χ3v) is 4.47. The number of rotatable bonds is 6. The summed E-state index contributed by atoms with van der Waals surface area (Å²) in [4.78, 5) is 25.0. The molecule has 2 aromatic rings. The van der Waals surface area contributed by atoms with Crippen LogP contribution in [0.2, 0.25) is 0 Å². The Morgan fingerprint density at radius 1 is 1.00 bits per heavy atom. The van der Waals surface area contributed by atoms with E-state index in [2.05, 4.69) is 5.32 Å². The van der Waals surface area contributed by atoms with Crippen LogP contribution in [0.5, 0.6) is 0 Å². The van der Waals surface area contributed by atoms with Gasteiger partial charge in [0.25, 0.3) is 5.91 Å². The highest BCUT2D eigenvalue weighted by Crippen LogP contribution is 2.22. The minimum Gasteiger partial charge on any atom is -0.349 e. The lowest BCUT2D eigenvalue weighted by molar-refractivity contribution is 0.0950. The number of benzene rings is 2. The third kappa shape index (κ3) is 3.98. The number of carbonyl (C=O) groups is 2. The minimum atomic E-state index is -0.0284. The smallest absolute Gasteiger partial charge is 0.251 e. The molecule has 1 N–H and O–H groups in total. The Hall–Kier alpha value is -2.07. The Morgan fingerprint density at radius 2 is 1.73 bits per heavy atom. The molecule has 0 heterocycles. The van der Waals surface area contributed by atoms with Crippen molar-refractivity contribution in [3.05, 3.63) is 65.7 Å². The van der Waals surface area contributed by atoms with E-state index in [1.54, 1.807) is 6.07 Å². The van der Waals surface area contributed by atoms with Gasteiger partial charge >= 0.3 is 0 Å². The molecule has 1 fully saturated rings. The fourth-order valence-corrected chi connectivity index (χ4v) is 2.93. The predicted octanol–water partition coefficient (Wildman–Crippen LogP) is 3.55. The Balaban J connectivity index is 1.60. The molecule has 0 saturated heterocycles. The van der Waals surface area contributed by atoms with Crippen molar-refractivity contribution in [1.29, 1.82) is 0 Å². The van der Waals surface area contributed by atoms with Crippen LogP contribution in [0.1, 0.15) is 33.6 Å². The van der Waals surface area contributed by atoms with Gasteiger partial charge in [0.1, 0.15) is 0 Å². The lowest BCUT2D eigenvalue weighted by atomic mass is 10.2. The molecule has 1 aliphatic carbocycles. The second-order valence-electron chi connectivity index (χ2n) is 5.35. The second kappa shape index (κ2) is 6.79. The molecular formula is C18H17NO2S. The summed E-state index contributed by atoms with van der Waals surface area (Å²) in [5.74, 6) is 0.440. The zero-order valence-corrected chi connectivity index (χ0v) is 12.9. The van der Waals surface area contributed by atoms with Crippen LogP contribution in [-0.2, 0) is 0 Å². The average Bonchev–Trinajstić information content (AvgIpc) is 3.37. The molecule has 0 aromatic heterocycles. The van der Waals surface area contributed by atoms with E-state index >= 15 is 0 Å². The van der Waals surface area contributed by atoms with Crippen molar-refractivity contribution in [2.45, 2.75) is 23.8 Å². The highest BCUT2D eigenvalue weighted by atomic mass is 32.2. The van der Waals surface area contributed by atoms with Crippen LogP contribution in [0.4, 0.5) is 0 Å². The van der Waals surface area contributed by atoms with Crippen molar-refractivity contribution in [3.8, 4) is 0 Å². The summed E-state index contributed by atoms with van der Waals surface area (Å²) in [6.45, 7) is 0. The first kappa shape index (κ1) is 14.9. The van der Waals surface area contributed by atoms with Crippen LogP contribution >= 0.6 is 11.8 Å². The lowest BCUT2D eigenvalue weighted by Crippen LogP contribution is -2.25. The summed E-state index contributed by atoms with van der Waals surface area (Å²) in [7, 11) is 0. The van der Waals surface area contributed by atoms with E-state index in [1.165, 1.54) is 11.8 Å². The Labute approximate surface area is 134 Å². The third-order valence-electron chi connectivity index (χ3n) is 3.47. The van der Waals surface area contributed by atoms with Gasteiger partial charge < -0.3 is 5.32 Å². The first-order valence-corrected chi connectivity index (χ1v) is 8.33. The number of thioether (sulfide) groups is 1. The van der Waals surface area contributed by atoms with Crippen LogP contribution in [0, 0.1) is 0 Å². The Morgan fingerprint density at radius 3 is 2.45 bits per heavy atom. The molecule has 1 saturated carbocycles. The fraction of sp³-hybridized carbons (Fsp3) is 0.222. The summed E-state index contributed by atoms with van der Waals surface area (Å²) in [6, 6.07) is 17.1. The normalized spacial score (nSPS) is 13.6. The van der Waals surface area contributed by atoms with Gasteiger partial charge in [-0.15, -0.1) is 11.8 Å². The lowest BCUT2D eigenvalue weighted by Gasteiger charge is -2.06. The molecular weight excluding hydrogens is 294 g/mol. The molecule has 0 spiro atoms. The van der Waals surface area contributed by atoms with Crippen molar-refractivity contribution in [2.24, 2.45) is 0 Å². The maximum atomic E-state index is 12.1. The van der Waals surface area contributed by atoms with Gasteiger partial charge in [-0.1, -0.05) is 36.4 Å². The standard InChI is InChI=1S/C18H17NO2S/c20-17(13-5-2-1-3-6-13)12-22-16-8-4-7-14(11-16)18(21)19-15-9-10-15/h1-8,11,15H,9-10,12H2,(H,19,21). The number of carbonyl (C=O) groups excluding carboxylic acids is 2. The summed E-state index contributed by atoms with van der Waals surface area (Å²) in [6.07, 6.45) is 2.15. The fourth-order valence-electron chi connectivity index (χ4n) is 2.08. The number of hydrogen-bond donors (Lipinski definition) is 1. The molecule has 0 aliphatic heterocycles. The van der Waals surface area contributed by atoms with E-state index in [0.717, 1.165) is 23.3 Å². The SMILES string of the molecule is O=C(CSc1cccc(C(=O)NC2CC2)c1)c1ccccc1. The van der Waals surface area contributed by atoms with E-state index in [1.807, 2.05) is 48.5 Å². The molecule has 22 heavy (non-hydrogen) atoms. The first-order valence-electron chi connectivity index (χ1n) is 7.34. The van der Waals surface area contributed by atoms with E-state index in [0.29, 0.717) is 17.4 Å².